The summed E-state index contributed by atoms with van der Waals surface area (Å²) in [6.45, 7) is 2.23. The molecule has 1 amide bonds. The summed E-state index contributed by atoms with van der Waals surface area (Å²) in [4.78, 5) is 24.5. The van der Waals surface area contributed by atoms with E-state index < -0.39 is 11.0 Å². The molecule has 0 aliphatic carbocycles. The summed E-state index contributed by atoms with van der Waals surface area (Å²) in [5.41, 5.74) is 1.09. The van der Waals surface area contributed by atoms with Gasteiger partial charge in [-0.3, -0.25) is 19.8 Å². The minimum atomic E-state index is -0.550. The van der Waals surface area contributed by atoms with Crippen molar-refractivity contribution in [3.8, 4) is 0 Å². The first-order valence-corrected chi connectivity index (χ1v) is 8.71. The van der Waals surface area contributed by atoms with Crippen LogP contribution in [0.3, 0.4) is 0 Å². The number of nitrogens with one attached hydrogen (secondary N) is 1. The number of hydrogen-bond donors (Lipinski definition) is 1. The zero-order chi connectivity index (χ0) is 19.4. The average molecular weight is 417 g/mol. The number of halogens is 3. The van der Waals surface area contributed by atoms with Crippen LogP contribution in [0, 0.1) is 10.1 Å². The smallest absolute Gasteiger partial charge is 0.271 e. The van der Waals surface area contributed by atoms with Gasteiger partial charge in [0.05, 0.1) is 31.7 Å². The van der Waals surface area contributed by atoms with Gasteiger partial charge in [-0.15, -0.1) is 0 Å². The lowest BCUT2D eigenvalue weighted by atomic mass is 10.2. The number of non-ortho nitro benzene ring substituents is 1. The Bertz CT molecular complexity index is 845. The lowest BCUT2D eigenvalue weighted by Crippen LogP contribution is -2.39. The molecular weight excluding hydrogens is 401 g/mol. The van der Waals surface area contributed by atoms with Crippen molar-refractivity contribution in [2.24, 2.45) is 0 Å². The number of nitro benzene ring substituents is 1. The number of benzene rings is 2. The van der Waals surface area contributed by atoms with Crippen LogP contribution < -0.4 is 5.32 Å². The molecule has 6 nitrogen and oxygen atoms in total. The molecule has 1 N–H and O–H groups in total. The predicted molar refractivity (Wildman–Crippen MR) is 104 cm³/mol. The number of carbonyl (C=O) groups excluding carboxylic acids is 1. The second-order valence-electron chi connectivity index (χ2n) is 5.75. The van der Waals surface area contributed by atoms with Crippen LogP contribution in [0.15, 0.2) is 36.4 Å². The van der Waals surface area contributed by atoms with E-state index >= 15 is 0 Å². The Balaban J connectivity index is 2.04. The van der Waals surface area contributed by atoms with Crippen LogP contribution in [-0.4, -0.2) is 28.8 Å². The normalized spacial score (nSPS) is 12.1. The van der Waals surface area contributed by atoms with Gasteiger partial charge < -0.3 is 5.32 Å². The first-order valence-electron chi connectivity index (χ1n) is 7.58. The number of rotatable bonds is 6. The van der Waals surface area contributed by atoms with E-state index in [0.717, 1.165) is 5.56 Å². The molecule has 0 aliphatic heterocycles. The van der Waals surface area contributed by atoms with Gasteiger partial charge in [0.25, 0.3) is 5.69 Å². The summed E-state index contributed by atoms with van der Waals surface area (Å²) >= 11 is 17.9. The Morgan fingerprint density at radius 1 is 1.15 bits per heavy atom. The number of amides is 1. The molecular formula is C17H16Cl3N3O3. The molecule has 9 heteroatoms. The van der Waals surface area contributed by atoms with Crippen molar-refractivity contribution in [3.05, 3.63) is 67.1 Å². The minimum Gasteiger partial charge on any atom is -0.323 e. The number of nitro groups is 1. The molecule has 2 aromatic carbocycles. The Morgan fingerprint density at radius 3 is 2.42 bits per heavy atom. The molecule has 2 aromatic rings. The van der Waals surface area contributed by atoms with Crippen LogP contribution in [0.2, 0.25) is 15.1 Å². The quantitative estimate of drug-likeness (QED) is 0.530. The second-order valence-corrected chi connectivity index (χ2v) is 6.97. The SMILES string of the molecule is C[C@@H](C(=O)Nc1ccc([N+](=O)[O-])cc1Cl)N(C)Cc1ccc(Cl)c(Cl)c1. The molecule has 26 heavy (non-hydrogen) atoms. The van der Waals surface area contributed by atoms with Gasteiger partial charge in [0, 0.05) is 18.7 Å². The van der Waals surface area contributed by atoms with Crippen LogP contribution in [-0.2, 0) is 11.3 Å². The summed E-state index contributed by atoms with van der Waals surface area (Å²) in [6, 6.07) is 8.70. The van der Waals surface area contributed by atoms with Crippen molar-refractivity contribution in [2.75, 3.05) is 12.4 Å². The first-order chi connectivity index (χ1) is 12.2. The molecule has 0 saturated heterocycles. The van der Waals surface area contributed by atoms with Crippen molar-refractivity contribution >= 4 is 52.1 Å². The Labute approximate surface area is 165 Å². The zero-order valence-electron chi connectivity index (χ0n) is 14.0. The van der Waals surface area contributed by atoms with Crippen LogP contribution in [0.5, 0.6) is 0 Å². The monoisotopic (exact) mass is 415 g/mol. The van der Waals surface area contributed by atoms with Gasteiger partial charge in [-0.25, -0.2) is 0 Å². The highest BCUT2D eigenvalue weighted by atomic mass is 35.5. The standard InChI is InChI=1S/C17H16Cl3N3O3/c1-10(22(2)9-11-3-5-13(18)14(19)7-11)17(24)21-16-6-4-12(23(25)26)8-15(16)20/h3-8,10H,9H2,1-2H3,(H,21,24)/t10-/m0/s1. The van der Waals surface area contributed by atoms with Gasteiger partial charge in [0.15, 0.2) is 0 Å². The van der Waals surface area contributed by atoms with E-state index in [4.69, 9.17) is 34.8 Å². The van der Waals surface area contributed by atoms with E-state index in [2.05, 4.69) is 5.32 Å². The molecule has 0 fully saturated rings. The third-order valence-electron chi connectivity index (χ3n) is 3.88. The number of anilines is 1. The second kappa shape index (κ2) is 8.68. The number of nitrogens with zero attached hydrogens (tertiary/aromatic N) is 2. The van der Waals surface area contributed by atoms with Gasteiger partial charge >= 0.3 is 0 Å². The maximum absolute atomic E-state index is 12.4. The molecule has 0 heterocycles. The molecule has 0 saturated carbocycles. The van der Waals surface area contributed by atoms with E-state index in [1.807, 2.05) is 11.0 Å². The summed E-state index contributed by atoms with van der Waals surface area (Å²) in [5, 5.41) is 14.4. The molecule has 138 valence electrons. The van der Waals surface area contributed by atoms with Crippen LogP contribution >= 0.6 is 34.8 Å². The van der Waals surface area contributed by atoms with E-state index in [0.29, 0.717) is 22.3 Å². The van der Waals surface area contributed by atoms with Crippen molar-refractivity contribution in [3.63, 3.8) is 0 Å². The van der Waals surface area contributed by atoms with Gasteiger partial charge in [-0.2, -0.15) is 0 Å². The highest BCUT2D eigenvalue weighted by Gasteiger charge is 2.20. The molecule has 0 radical (unpaired) electrons. The molecule has 0 bridgehead atoms. The predicted octanol–water partition coefficient (Wildman–Crippen LogP) is 5.01. The molecule has 2 rings (SSSR count). The Kier molecular flexibility index (Phi) is 6.83. The zero-order valence-corrected chi connectivity index (χ0v) is 16.3. The fourth-order valence-electron chi connectivity index (χ4n) is 2.22. The average Bonchev–Trinajstić information content (AvgIpc) is 2.58. The van der Waals surface area contributed by atoms with Crippen LogP contribution in [0.4, 0.5) is 11.4 Å². The number of hydrogen-bond acceptors (Lipinski definition) is 4. The largest absolute Gasteiger partial charge is 0.323 e. The van der Waals surface area contributed by atoms with E-state index in [1.54, 1.807) is 26.1 Å². The summed E-state index contributed by atoms with van der Waals surface area (Å²) < 4.78 is 0. The van der Waals surface area contributed by atoms with Gasteiger partial charge in [-0.05, 0) is 37.7 Å². The maximum Gasteiger partial charge on any atom is 0.271 e. The Hall–Kier alpha value is -1.86. The van der Waals surface area contributed by atoms with E-state index in [-0.39, 0.29) is 16.6 Å². The summed E-state index contributed by atoms with van der Waals surface area (Å²) in [7, 11) is 1.80. The Morgan fingerprint density at radius 2 is 1.85 bits per heavy atom. The van der Waals surface area contributed by atoms with E-state index in [9.17, 15) is 14.9 Å². The highest BCUT2D eigenvalue weighted by Crippen LogP contribution is 2.27. The lowest BCUT2D eigenvalue weighted by Gasteiger charge is -2.24. The molecule has 0 aromatic heterocycles. The fraction of sp³-hybridized carbons (Fsp3) is 0.235. The molecule has 0 spiro atoms. The van der Waals surface area contributed by atoms with Crippen molar-refractivity contribution < 1.29 is 9.72 Å². The van der Waals surface area contributed by atoms with Crippen molar-refractivity contribution in [2.45, 2.75) is 19.5 Å². The minimum absolute atomic E-state index is 0.104. The third-order valence-corrected chi connectivity index (χ3v) is 4.93. The van der Waals surface area contributed by atoms with Gasteiger partial charge in [0.1, 0.15) is 0 Å². The summed E-state index contributed by atoms with van der Waals surface area (Å²) in [6.07, 6.45) is 0. The fourth-order valence-corrected chi connectivity index (χ4v) is 2.76. The summed E-state index contributed by atoms with van der Waals surface area (Å²) in [5.74, 6) is -0.289. The first kappa shape index (κ1) is 20.5. The van der Waals surface area contributed by atoms with Gasteiger partial charge in [0.2, 0.25) is 5.91 Å². The molecule has 0 aliphatic rings. The molecule has 0 unspecified atom stereocenters. The number of likely N-dealkylation sites (N-methyl/N-ethyl adjacent to an activating group) is 1. The number of carbonyl (C=O) groups is 1. The topological polar surface area (TPSA) is 75.5 Å². The highest BCUT2D eigenvalue weighted by molar-refractivity contribution is 6.42. The van der Waals surface area contributed by atoms with Crippen molar-refractivity contribution in [1.82, 2.24) is 4.90 Å². The molecule has 1 atom stereocenters. The van der Waals surface area contributed by atoms with Gasteiger partial charge in [-0.1, -0.05) is 40.9 Å². The third kappa shape index (κ3) is 5.08. The van der Waals surface area contributed by atoms with Crippen LogP contribution in [0.1, 0.15) is 12.5 Å². The van der Waals surface area contributed by atoms with Crippen molar-refractivity contribution in [1.29, 1.82) is 0 Å². The maximum atomic E-state index is 12.4. The van der Waals surface area contributed by atoms with E-state index in [1.165, 1.54) is 18.2 Å². The lowest BCUT2D eigenvalue weighted by molar-refractivity contribution is -0.384. The van der Waals surface area contributed by atoms with Crippen LogP contribution in [0.25, 0.3) is 0 Å².